The van der Waals surface area contributed by atoms with Crippen molar-refractivity contribution in [2.75, 3.05) is 5.32 Å². The fraction of sp³-hybridized carbons (Fsp3) is 0.500. The Hall–Kier alpha value is -2.46. The number of rotatable bonds is 9. The summed E-state index contributed by atoms with van der Waals surface area (Å²) in [5.74, 6) is 1.78. The molecule has 1 amide bonds. The number of amides is 1. The van der Waals surface area contributed by atoms with E-state index in [0.29, 0.717) is 16.2 Å². The van der Waals surface area contributed by atoms with Crippen molar-refractivity contribution in [1.82, 2.24) is 25.0 Å². The van der Waals surface area contributed by atoms with Gasteiger partial charge in [0.05, 0.1) is 5.25 Å². The van der Waals surface area contributed by atoms with E-state index in [1.807, 2.05) is 43.5 Å². The second-order valence-electron chi connectivity index (χ2n) is 8.13. The van der Waals surface area contributed by atoms with Gasteiger partial charge in [0.15, 0.2) is 17.1 Å². The molecule has 32 heavy (non-hydrogen) atoms. The number of carbonyl (C=O) groups is 1. The molecule has 0 bridgehead atoms. The van der Waals surface area contributed by atoms with Crippen molar-refractivity contribution in [3.05, 3.63) is 40.7 Å². The quantitative estimate of drug-likeness (QED) is 0.415. The maximum Gasteiger partial charge on any atom is 0.239 e. The molecule has 0 spiro atoms. The van der Waals surface area contributed by atoms with Crippen LogP contribution in [0.25, 0.3) is 0 Å². The second-order valence-corrected chi connectivity index (χ2v) is 10.6. The van der Waals surface area contributed by atoms with Crippen LogP contribution in [0.1, 0.15) is 76.0 Å². The van der Waals surface area contributed by atoms with Crippen molar-refractivity contribution in [3.8, 4) is 5.75 Å². The highest BCUT2D eigenvalue weighted by Crippen LogP contribution is 2.33. The SMILES string of the molecule is Cc1nnc(NC(=O)C(C)Sc2nnc(C(C)Oc3ccccc3C(C)C)n2C(C)C)s1. The number of nitrogens with one attached hydrogen (secondary N) is 1. The molecule has 1 aromatic carbocycles. The number of hydrogen-bond acceptors (Lipinski definition) is 8. The van der Waals surface area contributed by atoms with Crippen molar-refractivity contribution in [1.29, 1.82) is 0 Å². The number of thioether (sulfide) groups is 1. The number of nitrogens with zero attached hydrogens (tertiary/aromatic N) is 5. The van der Waals surface area contributed by atoms with Crippen LogP contribution in [0.5, 0.6) is 5.75 Å². The van der Waals surface area contributed by atoms with Crippen LogP contribution in [-0.2, 0) is 4.79 Å². The number of anilines is 1. The van der Waals surface area contributed by atoms with E-state index >= 15 is 0 Å². The van der Waals surface area contributed by atoms with Crippen LogP contribution in [0, 0.1) is 6.92 Å². The van der Waals surface area contributed by atoms with Crippen LogP contribution in [0.15, 0.2) is 29.4 Å². The predicted molar refractivity (Wildman–Crippen MR) is 129 cm³/mol. The van der Waals surface area contributed by atoms with Gasteiger partial charge in [0.1, 0.15) is 10.8 Å². The average molecular weight is 475 g/mol. The molecule has 0 saturated heterocycles. The van der Waals surface area contributed by atoms with Crippen LogP contribution in [0.2, 0.25) is 0 Å². The zero-order chi connectivity index (χ0) is 23.4. The lowest BCUT2D eigenvalue weighted by molar-refractivity contribution is -0.115. The van der Waals surface area contributed by atoms with Gasteiger partial charge < -0.3 is 9.30 Å². The number of aryl methyl sites for hydroxylation is 1. The van der Waals surface area contributed by atoms with E-state index in [4.69, 9.17) is 4.74 Å². The van der Waals surface area contributed by atoms with Gasteiger partial charge in [0.2, 0.25) is 11.0 Å². The first kappa shape index (κ1) is 24.2. The minimum Gasteiger partial charge on any atom is -0.482 e. The summed E-state index contributed by atoms with van der Waals surface area (Å²) in [4.78, 5) is 12.6. The first-order valence-corrected chi connectivity index (χ1v) is 12.3. The molecule has 172 valence electrons. The Balaban J connectivity index is 1.77. The number of hydrogen-bond donors (Lipinski definition) is 1. The highest BCUT2D eigenvalue weighted by atomic mass is 32.2. The first-order valence-electron chi connectivity index (χ1n) is 10.6. The van der Waals surface area contributed by atoms with Gasteiger partial charge in [-0.25, -0.2) is 0 Å². The summed E-state index contributed by atoms with van der Waals surface area (Å²) >= 11 is 2.71. The molecule has 0 radical (unpaired) electrons. The van der Waals surface area contributed by atoms with Gasteiger partial charge in [-0.05, 0) is 52.2 Å². The lowest BCUT2D eigenvalue weighted by Crippen LogP contribution is -2.23. The van der Waals surface area contributed by atoms with Crippen molar-refractivity contribution < 1.29 is 9.53 Å². The molecule has 0 aliphatic rings. The van der Waals surface area contributed by atoms with Crippen LogP contribution >= 0.6 is 23.1 Å². The van der Waals surface area contributed by atoms with Crippen molar-refractivity contribution >= 4 is 34.1 Å². The summed E-state index contributed by atoms with van der Waals surface area (Å²) < 4.78 is 8.34. The Bertz CT molecular complexity index is 1060. The standard InChI is InChI=1S/C22H30N6O2S2/c1-12(2)17-10-8-9-11-18(17)30-14(5)19-25-27-22(28(19)13(3)4)31-15(6)20(29)23-21-26-24-16(7)32-21/h8-15H,1-7H3,(H,23,26,29). The third kappa shape index (κ3) is 5.66. The van der Waals surface area contributed by atoms with E-state index < -0.39 is 0 Å². The van der Waals surface area contributed by atoms with E-state index in [1.54, 1.807) is 0 Å². The topological polar surface area (TPSA) is 94.8 Å². The first-order chi connectivity index (χ1) is 15.2. The van der Waals surface area contributed by atoms with E-state index in [0.717, 1.165) is 22.1 Å². The number of ether oxygens (including phenoxy) is 1. The van der Waals surface area contributed by atoms with Crippen LogP contribution < -0.4 is 10.1 Å². The van der Waals surface area contributed by atoms with Gasteiger partial charge in [0, 0.05) is 6.04 Å². The van der Waals surface area contributed by atoms with Gasteiger partial charge in [-0.2, -0.15) is 0 Å². The fourth-order valence-corrected chi connectivity index (χ4v) is 4.79. The Kier molecular flexibility index (Phi) is 7.89. The molecule has 0 saturated carbocycles. The number of benzene rings is 1. The van der Waals surface area contributed by atoms with Crippen molar-refractivity contribution in [2.24, 2.45) is 0 Å². The largest absolute Gasteiger partial charge is 0.482 e. The summed E-state index contributed by atoms with van der Waals surface area (Å²) in [5.41, 5.74) is 1.15. The summed E-state index contributed by atoms with van der Waals surface area (Å²) in [6.45, 7) is 14.1. The van der Waals surface area contributed by atoms with E-state index in [-0.39, 0.29) is 23.3 Å². The van der Waals surface area contributed by atoms with Gasteiger partial charge in [-0.1, -0.05) is 55.1 Å². The smallest absolute Gasteiger partial charge is 0.239 e. The van der Waals surface area contributed by atoms with E-state index in [9.17, 15) is 4.79 Å². The molecular weight excluding hydrogens is 444 g/mol. The van der Waals surface area contributed by atoms with Gasteiger partial charge in [-0.15, -0.1) is 20.4 Å². The number of carbonyl (C=O) groups excluding carboxylic acids is 1. The maximum atomic E-state index is 12.6. The highest BCUT2D eigenvalue weighted by Gasteiger charge is 2.25. The highest BCUT2D eigenvalue weighted by molar-refractivity contribution is 8.00. The normalized spacial score (nSPS) is 13.4. The molecular formula is C22H30N6O2S2. The Morgan fingerprint density at radius 2 is 1.78 bits per heavy atom. The molecule has 2 atom stereocenters. The minimum atomic E-state index is -0.383. The summed E-state index contributed by atoms with van der Waals surface area (Å²) in [6.07, 6.45) is -0.298. The van der Waals surface area contributed by atoms with Crippen molar-refractivity contribution in [2.45, 2.75) is 76.9 Å². The van der Waals surface area contributed by atoms with Crippen LogP contribution in [0.3, 0.4) is 0 Å². The minimum absolute atomic E-state index is 0.106. The molecule has 0 aliphatic carbocycles. The van der Waals surface area contributed by atoms with Crippen LogP contribution in [0.4, 0.5) is 5.13 Å². The molecule has 2 unspecified atom stereocenters. The second kappa shape index (κ2) is 10.4. The molecule has 0 fully saturated rings. The molecule has 0 aliphatic heterocycles. The molecule has 10 heteroatoms. The lowest BCUT2D eigenvalue weighted by Gasteiger charge is -2.21. The van der Waals surface area contributed by atoms with Crippen LogP contribution in [-0.4, -0.2) is 36.1 Å². The molecule has 3 aromatic rings. The molecule has 2 heterocycles. The Morgan fingerprint density at radius 3 is 2.41 bits per heavy atom. The van der Waals surface area contributed by atoms with Crippen molar-refractivity contribution in [3.63, 3.8) is 0 Å². The summed E-state index contributed by atoms with van der Waals surface area (Å²) in [7, 11) is 0. The monoisotopic (exact) mass is 474 g/mol. The van der Waals surface area contributed by atoms with E-state index in [2.05, 4.69) is 59.5 Å². The van der Waals surface area contributed by atoms with E-state index in [1.165, 1.54) is 23.1 Å². The van der Waals surface area contributed by atoms with Gasteiger partial charge >= 0.3 is 0 Å². The number of para-hydroxylation sites is 1. The molecule has 3 rings (SSSR count). The predicted octanol–water partition coefficient (Wildman–Crippen LogP) is 5.40. The Labute approximate surface area is 197 Å². The zero-order valence-electron chi connectivity index (χ0n) is 19.5. The molecule has 2 aromatic heterocycles. The average Bonchev–Trinajstić information content (AvgIpc) is 3.34. The lowest BCUT2D eigenvalue weighted by atomic mass is 10.0. The van der Waals surface area contributed by atoms with Gasteiger partial charge in [0.25, 0.3) is 0 Å². The summed E-state index contributed by atoms with van der Waals surface area (Å²) in [6, 6.07) is 8.17. The maximum absolute atomic E-state index is 12.6. The molecule has 8 nitrogen and oxygen atoms in total. The molecule has 1 N–H and O–H groups in total. The number of aromatic nitrogens is 5. The fourth-order valence-electron chi connectivity index (χ4n) is 3.21. The Morgan fingerprint density at radius 1 is 1.06 bits per heavy atom. The summed E-state index contributed by atoms with van der Waals surface area (Å²) in [5, 5.41) is 21.1. The zero-order valence-corrected chi connectivity index (χ0v) is 21.1. The third-order valence-electron chi connectivity index (χ3n) is 4.82. The van der Waals surface area contributed by atoms with Gasteiger partial charge in [-0.3, -0.25) is 10.1 Å². The third-order valence-corrected chi connectivity index (χ3v) is 6.63.